The first-order valence-corrected chi connectivity index (χ1v) is 5.82. The quantitative estimate of drug-likeness (QED) is 0.900. The molecule has 0 saturated carbocycles. The average Bonchev–Trinajstić information content (AvgIpc) is 2.41. The Balaban J connectivity index is 2.67. The minimum atomic E-state index is 0.749. The Bertz CT molecular complexity index is 567. The first-order valence-electron chi connectivity index (χ1n) is 5.82. The van der Waals surface area contributed by atoms with Crippen LogP contribution < -0.4 is 10.1 Å². The fourth-order valence-electron chi connectivity index (χ4n) is 1.96. The van der Waals surface area contributed by atoms with Crippen LogP contribution in [0.5, 0.6) is 5.75 Å². The van der Waals surface area contributed by atoms with E-state index >= 15 is 0 Å². The molecule has 0 aliphatic rings. The van der Waals surface area contributed by atoms with Gasteiger partial charge in [0.2, 0.25) is 0 Å². The van der Waals surface area contributed by atoms with Crippen molar-refractivity contribution in [2.75, 3.05) is 19.5 Å². The van der Waals surface area contributed by atoms with Gasteiger partial charge in [-0.05, 0) is 31.0 Å². The van der Waals surface area contributed by atoms with Crippen LogP contribution in [0.25, 0.3) is 11.3 Å². The summed E-state index contributed by atoms with van der Waals surface area (Å²) in [5.74, 6) is 1.60. The topological polar surface area (TPSA) is 47.0 Å². The van der Waals surface area contributed by atoms with Crippen molar-refractivity contribution in [3.63, 3.8) is 0 Å². The number of hydrogen-bond acceptors (Lipinski definition) is 4. The maximum absolute atomic E-state index is 5.52. The number of rotatable bonds is 3. The molecule has 0 saturated heterocycles. The Morgan fingerprint density at radius 1 is 1.11 bits per heavy atom. The molecule has 0 fully saturated rings. The third kappa shape index (κ3) is 2.01. The third-order valence-electron chi connectivity index (χ3n) is 3.07. The standard InChI is InChI=1S/C14H17N3O/c1-9-5-6-11(13(18-4)10(9)2)12-14(15-3)17-8-7-16-12/h5-8H,1-4H3,(H,15,17). The zero-order valence-electron chi connectivity index (χ0n) is 11.1. The number of aromatic nitrogens is 2. The highest BCUT2D eigenvalue weighted by Crippen LogP contribution is 2.35. The van der Waals surface area contributed by atoms with Crippen LogP contribution >= 0.6 is 0 Å². The normalized spacial score (nSPS) is 10.2. The zero-order valence-corrected chi connectivity index (χ0v) is 11.1. The summed E-state index contributed by atoms with van der Waals surface area (Å²) in [6.45, 7) is 4.12. The van der Waals surface area contributed by atoms with Crippen molar-refractivity contribution in [3.8, 4) is 17.0 Å². The lowest BCUT2D eigenvalue weighted by Gasteiger charge is -2.14. The first kappa shape index (κ1) is 12.4. The van der Waals surface area contributed by atoms with Crippen LogP contribution in [0, 0.1) is 13.8 Å². The summed E-state index contributed by atoms with van der Waals surface area (Å²) >= 11 is 0. The molecule has 18 heavy (non-hydrogen) atoms. The van der Waals surface area contributed by atoms with Gasteiger partial charge in [-0.2, -0.15) is 0 Å². The third-order valence-corrected chi connectivity index (χ3v) is 3.07. The molecule has 1 aromatic heterocycles. The molecule has 0 aliphatic heterocycles. The highest BCUT2D eigenvalue weighted by atomic mass is 16.5. The molecule has 0 aliphatic carbocycles. The number of nitrogens with one attached hydrogen (secondary N) is 1. The van der Waals surface area contributed by atoms with Crippen molar-refractivity contribution in [1.82, 2.24) is 9.97 Å². The monoisotopic (exact) mass is 243 g/mol. The van der Waals surface area contributed by atoms with E-state index in [2.05, 4.69) is 28.3 Å². The molecule has 2 aromatic rings. The van der Waals surface area contributed by atoms with Crippen molar-refractivity contribution < 1.29 is 4.74 Å². The second-order valence-electron chi connectivity index (χ2n) is 4.09. The van der Waals surface area contributed by atoms with E-state index in [1.54, 1.807) is 19.5 Å². The minimum absolute atomic E-state index is 0.749. The van der Waals surface area contributed by atoms with Crippen LogP contribution in [-0.4, -0.2) is 24.1 Å². The van der Waals surface area contributed by atoms with Gasteiger partial charge >= 0.3 is 0 Å². The largest absolute Gasteiger partial charge is 0.496 e. The van der Waals surface area contributed by atoms with Gasteiger partial charge in [-0.15, -0.1) is 0 Å². The molecule has 0 amide bonds. The molecule has 94 valence electrons. The smallest absolute Gasteiger partial charge is 0.152 e. The van der Waals surface area contributed by atoms with Crippen LogP contribution in [0.3, 0.4) is 0 Å². The van der Waals surface area contributed by atoms with Gasteiger partial charge < -0.3 is 10.1 Å². The van der Waals surface area contributed by atoms with E-state index in [0.717, 1.165) is 28.4 Å². The Kier molecular flexibility index (Phi) is 3.46. The summed E-state index contributed by atoms with van der Waals surface area (Å²) in [5, 5.41) is 3.05. The summed E-state index contributed by atoms with van der Waals surface area (Å²) in [5.41, 5.74) is 4.09. The molecule has 0 bridgehead atoms. The Labute approximate surface area is 107 Å². The number of benzene rings is 1. The van der Waals surface area contributed by atoms with Gasteiger partial charge in [0.15, 0.2) is 5.82 Å². The number of nitrogens with zero attached hydrogens (tertiary/aromatic N) is 2. The van der Waals surface area contributed by atoms with Gasteiger partial charge in [-0.25, -0.2) is 4.98 Å². The first-order chi connectivity index (χ1) is 8.69. The highest BCUT2D eigenvalue weighted by molar-refractivity contribution is 5.77. The van der Waals surface area contributed by atoms with E-state index in [1.807, 2.05) is 20.0 Å². The summed E-state index contributed by atoms with van der Waals surface area (Å²) in [7, 11) is 3.52. The molecule has 0 atom stereocenters. The van der Waals surface area contributed by atoms with Crippen LogP contribution in [0.1, 0.15) is 11.1 Å². The van der Waals surface area contributed by atoms with E-state index < -0.39 is 0 Å². The summed E-state index contributed by atoms with van der Waals surface area (Å²) in [6, 6.07) is 4.09. The number of hydrogen-bond donors (Lipinski definition) is 1. The van der Waals surface area contributed by atoms with Crippen LogP contribution in [0.4, 0.5) is 5.82 Å². The van der Waals surface area contributed by atoms with Crippen molar-refractivity contribution in [2.45, 2.75) is 13.8 Å². The van der Waals surface area contributed by atoms with E-state index in [0.29, 0.717) is 0 Å². The number of aryl methyl sites for hydroxylation is 1. The summed E-state index contributed by atoms with van der Waals surface area (Å²) in [6.07, 6.45) is 3.35. The van der Waals surface area contributed by atoms with E-state index in [9.17, 15) is 0 Å². The zero-order chi connectivity index (χ0) is 13.1. The van der Waals surface area contributed by atoms with Crippen molar-refractivity contribution in [3.05, 3.63) is 35.7 Å². The van der Waals surface area contributed by atoms with Gasteiger partial charge in [-0.1, -0.05) is 6.07 Å². The molecule has 1 N–H and O–H groups in total. The molecule has 4 nitrogen and oxygen atoms in total. The molecular weight excluding hydrogens is 226 g/mol. The Morgan fingerprint density at radius 2 is 1.83 bits per heavy atom. The van der Waals surface area contributed by atoms with E-state index in [4.69, 9.17) is 4.74 Å². The summed E-state index contributed by atoms with van der Waals surface area (Å²) in [4.78, 5) is 8.67. The minimum Gasteiger partial charge on any atom is -0.496 e. The van der Waals surface area contributed by atoms with Gasteiger partial charge in [0.05, 0.1) is 7.11 Å². The Hall–Kier alpha value is -2.10. The molecule has 1 aromatic carbocycles. The van der Waals surface area contributed by atoms with Crippen molar-refractivity contribution >= 4 is 5.82 Å². The lowest BCUT2D eigenvalue weighted by atomic mass is 10.0. The van der Waals surface area contributed by atoms with Crippen molar-refractivity contribution in [1.29, 1.82) is 0 Å². The van der Waals surface area contributed by atoms with Gasteiger partial charge in [-0.3, -0.25) is 4.98 Å². The SMILES string of the molecule is CNc1nccnc1-c1ccc(C)c(C)c1OC. The van der Waals surface area contributed by atoms with E-state index in [1.165, 1.54) is 5.56 Å². The Morgan fingerprint density at radius 3 is 2.50 bits per heavy atom. The van der Waals surface area contributed by atoms with Crippen LogP contribution in [0.15, 0.2) is 24.5 Å². The second-order valence-corrected chi connectivity index (χ2v) is 4.09. The van der Waals surface area contributed by atoms with E-state index in [-0.39, 0.29) is 0 Å². The molecule has 0 spiro atoms. The lowest BCUT2D eigenvalue weighted by molar-refractivity contribution is 0.413. The van der Waals surface area contributed by atoms with Crippen LogP contribution in [0.2, 0.25) is 0 Å². The molecule has 0 unspecified atom stereocenters. The number of ether oxygens (including phenoxy) is 1. The van der Waals surface area contributed by atoms with Crippen LogP contribution in [-0.2, 0) is 0 Å². The highest BCUT2D eigenvalue weighted by Gasteiger charge is 2.14. The van der Waals surface area contributed by atoms with Crippen molar-refractivity contribution in [2.24, 2.45) is 0 Å². The lowest BCUT2D eigenvalue weighted by Crippen LogP contribution is -2.00. The maximum atomic E-state index is 5.52. The fraction of sp³-hybridized carbons (Fsp3) is 0.286. The summed E-state index contributed by atoms with van der Waals surface area (Å²) < 4.78 is 5.52. The molecule has 0 radical (unpaired) electrons. The average molecular weight is 243 g/mol. The second kappa shape index (κ2) is 5.04. The fourth-order valence-corrected chi connectivity index (χ4v) is 1.96. The van der Waals surface area contributed by atoms with Gasteiger partial charge in [0.25, 0.3) is 0 Å². The number of anilines is 1. The molecular formula is C14H17N3O. The molecule has 4 heteroatoms. The number of methoxy groups -OCH3 is 1. The predicted octanol–water partition coefficient (Wildman–Crippen LogP) is 2.81. The van der Waals surface area contributed by atoms with Gasteiger partial charge in [0, 0.05) is 25.0 Å². The molecule has 1 heterocycles. The predicted molar refractivity (Wildman–Crippen MR) is 73.0 cm³/mol. The maximum Gasteiger partial charge on any atom is 0.152 e. The van der Waals surface area contributed by atoms with Gasteiger partial charge in [0.1, 0.15) is 11.4 Å². The molecule has 2 rings (SSSR count).